The van der Waals surface area contributed by atoms with Crippen LogP contribution in [-0.4, -0.2) is 11.6 Å². The van der Waals surface area contributed by atoms with E-state index in [1.165, 1.54) is 0 Å². The first-order valence-electron chi connectivity index (χ1n) is 7.91. The molecule has 4 atom stereocenters. The van der Waals surface area contributed by atoms with Crippen molar-refractivity contribution in [3.63, 3.8) is 0 Å². The first-order chi connectivity index (χ1) is 10.7. The van der Waals surface area contributed by atoms with Crippen molar-refractivity contribution in [2.24, 2.45) is 29.6 Å². The van der Waals surface area contributed by atoms with Crippen LogP contribution >= 0.6 is 0 Å². The van der Waals surface area contributed by atoms with Crippen LogP contribution in [0.4, 0.5) is 0 Å². The maximum atomic E-state index is 12.9. The minimum Gasteiger partial charge on any atom is -0.412 e. The SMILES string of the molecule is CCc1ccc(ON)cc1C1C(=O)C2C3C=CC(C3)C2C1=O. The Bertz CT molecular complexity index is 664. The summed E-state index contributed by atoms with van der Waals surface area (Å²) in [7, 11) is 0. The number of carbonyl (C=O) groups is 2. The summed E-state index contributed by atoms with van der Waals surface area (Å²) in [6.45, 7) is 2.03. The average molecular weight is 297 g/mol. The normalized spacial score (nSPS) is 35.3. The number of nitrogens with two attached hydrogens (primary N) is 1. The first kappa shape index (κ1) is 13.7. The first-order valence-corrected chi connectivity index (χ1v) is 7.91. The fourth-order valence-corrected chi connectivity index (χ4v) is 4.67. The molecule has 0 saturated heterocycles. The average Bonchev–Trinajstić information content (AvgIpc) is 3.21. The van der Waals surface area contributed by atoms with E-state index in [9.17, 15) is 9.59 Å². The fraction of sp³-hybridized carbons (Fsp3) is 0.444. The third-order valence-corrected chi connectivity index (χ3v) is 5.63. The second-order valence-corrected chi connectivity index (χ2v) is 6.57. The van der Waals surface area contributed by atoms with Crippen LogP contribution in [0, 0.1) is 23.7 Å². The molecule has 4 heteroatoms. The van der Waals surface area contributed by atoms with Crippen LogP contribution in [-0.2, 0) is 16.0 Å². The molecule has 4 nitrogen and oxygen atoms in total. The van der Waals surface area contributed by atoms with Gasteiger partial charge in [0, 0.05) is 11.8 Å². The Morgan fingerprint density at radius 3 is 2.32 bits per heavy atom. The fourth-order valence-electron chi connectivity index (χ4n) is 4.67. The van der Waals surface area contributed by atoms with Crippen molar-refractivity contribution in [1.82, 2.24) is 0 Å². The molecule has 2 fully saturated rings. The highest BCUT2D eigenvalue weighted by atomic mass is 16.6. The lowest BCUT2D eigenvalue weighted by Crippen LogP contribution is -2.21. The van der Waals surface area contributed by atoms with Crippen molar-refractivity contribution < 1.29 is 14.4 Å². The summed E-state index contributed by atoms with van der Waals surface area (Å²) in [5.41, 5.74) is 1.81. The number of benzene rings is 1. The van der Waals surface area contributed by atoms with Gasteiger partial charge in [-0.2, -0.15) is 5.90 Å². The number of carbonyl (C=O) groups excluding carboxylic acids is 2. The molecule has 0 radical (unpaired) electrons. The zero-order valence-corrected chi connectivity index (χ0v) is 12.5. The zero-order chi connectivity index (χ0) is 15.4. The van der Waals surface area contributed by atoms with E-state index < -0.39 is 5.92 Å². The van der Waals surface area contributed by atoms with Gasteiger partial charge >= 0.3 is 0 Å². The molecule has 0 aliphatic heterocycles. The van der Waals surface area contributed by atoms with Crippen LogP contribution in [0.5, 0.6) is 5.75 Å². The van der Waals surface area contributed by atoms with Crippen molar-refractivity contribution >= 4 is 11.6 Å². The third-order valence-electron chi connectivity index (χ3n) is 5.63. The van der Waals surface area contributed by atoms with Gasteiger partial charge in [0.05, 0.1) is 0 Å². The molecule has 114 valence electrons. The van der Waals surface area contributed by atoms with Gasteiger partial charge in [0.1, 0.15) is 11.7 Å². The summed E-state index contributed by atoms with van der Waals surface area (Å²) in [5, 5.41) is 0. The molecule has 3 aliphatic rings. The molecule has 2 N–H and O–H groups in total. The highest BCUT2D eigenvalue weighted by Crippen LogP contribution is 2.56. The number of ketones is 2. The Labute approximate surface area is 129 Å². The summed E-state index contributed by atoms with van der Waals surface area (Å²) >= 11 is 0. The maximum Gasteiger partial charge on any atom is 0.152 e. The van der Waals surface area contributed by atoms with Crippen molar-refractivity contribution in [3.05, 3.63) is 41.5 Å². The van der Waals surface area contributed by atoms with Crippen LogP contribution in [0.15, 0.2) is 30.4 Å². The number of allylic oxidation sites excluding steroid dienone is 2. The number of rotatable bonds is 3. The van der Waals surface area contributed by atoms with Gasteiger partial charge in [-0.1, -0.05) is 25.1 Å². The molecule has 0 heterocycles. The Morgan fingerprint density at radius 1 is 1.14 bits per heavy atom. The van der Waals surface area contributed by atoms with E-state index in [0.29, 0.717) is 5.75 Å². The Hall–Kier alpha value is -1.94. The van der Waals surface area contributed by atoms with Gasteiger partial charge in [0.2, 0.25) is 0 Å². The number of aryl methyl sites for hydroxylation is 1. The summed E-state index contributed by atoms with van der Waals surface area (Å²) in [6.07, 6.45) is 5.99. The molecule has 2 saturated carbocycles. The van der Waals surface area contributed by atoms with Gasteiger partial charge in [-0.25, -0.2) is 0 Å². The molecule has 1 aromatic carbocycles. The van der Waals surface area contributed by atoms with E-state index in [4.69, 9.17) is 10.7 Å². The monoisotopic (exact) mass is 297 g/mol. The van der Waals surface area contributed by atoms with Crippen LogP contribution in [0.1, 0.15) is 30.4 Å². The molecule has 0 amide bonds. The number of fused-ring (bicyclic) bond motifs is 5. The Kier molecular flexibility index (Phi) is 2.98. The van der Waals surface area contributed by atoms with E-state index in [2.05, 4.69) is 12.2 Å². The van der Waals surface area contributed by atoms with Crippen molar-refractivity contribution in [2.75, 3.05) is 0 Å². The number of hydrogen-bond acceptors (Lipinski definition) is 4. The van der Waals surface area contributed by atoms with E-state index in [1.54, 1.807) is 12.1 Å². The van der Waals surface area contributed by atoms with Gasteiger partial charge in [0.15, 0.2) is 11.6 Å². The molecule has 4 unspecified atom stereocenters. The van der Waals surface area contributed by atoms with E-state index >= 15 is 0 Å². The highest BCUT2D eigenvalue weighted by molar-refractivity contribution is 6.17. The van der Waals surface area contributed by atoms with Crippen LogP contribution in [0.25, 0.3) is 0 Å². The standard InChI is InChI=1S/C18H19NO3/c1-2-9-5-6-12(22-19)8-13(9)16-17(20)14-10-3-4-11(7-10)15(14)18(16)21/h3-6,8,10-11,14-16H,2,7,19H2,1H3. The number of hydrogen-bond donors (Lipinski definition) is 1. The van der Waals surface area contributed by atoms with Crippen molar-refractivity contribution in [2.45, 2.75) is 25.7 Å². The molecule has 2 bridgehead atoms. The summed E-state index contributed by atoms with van der Waals surface area (Å²) in [6, 6.07) is 5.44. The van der Waals surface area contributed by atoms with Gasteiger partial charge < -0.3 is 4.84 Å². The van der Waals surface area contributed by atoms with E-state index in [-0.39, 0.29) is 35.2 Å². The summed E-state index contributed by atoms with van der Waals surface area (Å²) < 4.78 is 0. The van der Waals surface area contributed by atoms with Crippen LogP contribution < -0.4 is 10.7 Å². The predicted octanol–water partition coefficient (Wildman–Crippen LogP) is 2.18. The van der Waals surface area contributed by atoms with E-state index in [0.717, 1.165) is 24.0 Å². The second-order valence-electron chi connectivity index (χ2n) is 6.57. The number of Topliss-reactive ketones (excluding diaryl/α,β-unsaturated/α-hetero) is 2. The maximum absolute atomic E-state index is 12.9. The minimum atomic E-state index is -0.634. The molecule has 22 heavy (non-hydrogen) atoms. The Balaban J connectivity index is 1.78. The Morgan fingerprint density at radius 2 is 1.77 bits per heavy atom. The van der Waals surface area contributed by atoms with E-state index in [1.807, 2.05) is 13.0 Å². The second kappa shape index (κ2) is 4.78. The smallest absolute Gasteiger partial charge is 0.152 e. The lowest BCUT2D eigenvalue weighted by Gasteiger charge is -2.16. The molecule has 3 aliphatic carbocycles. The van der Waals surface area contributed by atoms with Crippen LogP contribution in [0.2, 0.25) is 0 Å². The summed E-state index contributed by atoms with van der Waals surface area (Å²) in [5.74, 6) is 5.59. The minimum absolute atomic E-state index is 0.0933. The van der Waals surface area contributed by atoms with Gasteiger partial charge in [0.25, 0.3) is 0 Å². The lowest BCUT2D eigenvalue weighted by atomic mass is 9.85. The third kappa shape index (κ3) is 1.67. The molecular weight excluding hydrogens is 278 g/mol. The predicted molar refractivity (Wildman–Crippen MR) is 81.1 cm³/mol. The quantitative estimate of drug-likeness (QED) is 0.527. The molecule has 0 aromatic heterocycles. The topological polar surface area (TPSA) is 69.4 Å². The van der Waals surface area contributed by atoms with Gasteiger partial charge in [-0.05, 0) is 47.9 Å². The molecule has 4 rings (SSSR count). The van der Waals surface area contributed by atoms with Crippen molar-refractivity contribution in [3.8, 4) is 5.75 Å². The van der Waals surface area contributed by atoms with Crippen LogP contribution in [0.3, 0.4) is 0 Å². The highest BCUT2D eigenvalue weighted by Gasteiger charge is 2.60. The molecule has 0 spiro atoms. The van der Waals surface area contributed by atoms with Gasteiger partial charge in [-0.3, -0.25) is 9.59 Å². The van der Waals surface area contributed by atoms with Crippen molar-refractivity contribution in [1.29, 1.82) is 0 Å². The molecular formula is C18H19NO3. The summed E-state index contributed by atoms with van der Waals surface area (Å²) in [4.78, 5) is 30.7. The molecule has 1 aromatic rings. The zero-order valence-electron chi connectivity index (χ0n) is 12.5. The largest absolute Gasteiger partial charge is 0.412 e. The lowest BCUT2D eigenvalue weighted by molar-refractivity contribution is -0.125. The van der Waals surface area contributed by atoms with Gasteiger partial charge in [-0.15, -0.1) is 0 Å².